The normalized spacial score (nSPS) is 17.7. The van der Waals surface area contributed by atoms with Gasteiger partial charge in [0.05, 0.1) is 18.2 Å². The summed E-state index contributed by atoms with van der Waals surface area (Å²) in [5.74, 6) is -0.998. The molecule has 1 unspecified atom stereocenters. The van der Waals surface area contributed by atoms with Crippen LogP contribution in [0.5, 0.6) is 5.75 Å². The molecule has 3 aromatic rings. The number of pyridine rings is 1. The van der Waals surface area contributed by atoms with E-state index in [4.69, 9.17) is 4.74 Å². The van der Waals surface area contributed by atoms with Crippen molar-refractivity contribution in [3.05, 3.63) is 95.3 Å². The van der Waals surface area contributed by atoms with Crippen LogP contribution in [0.4, 0.5) is 5.69 Å². The summed E-state index contributed by atoms with van der Waals surface area (Å²) in [5, 5.41) is 11.1. The third kappa shape index (κ3) is 3.80. The number of carbonyl (C=O) groups is 2. The maximum atomic E-state index is 13.1. The molecule has 0 saturated carbocycles. The third-order valence-electron chi connectivity index (χ3n) is 5.16. The minimum atomic E-state index is -0.790. The van der Waals surface area contributed by atoms with Crippen molar-refractivity contribution in [2.45, 2.75) is 19.9 Å². The number of aromatic nitrogens is 1. The average molecular weight is 414 g/mol. The van der Waals surface area contributed by atoms with Crippen LogP contribution in [0.1, 0.15) is 29.7 Å². The van der Waals surface area contributed by atoms with Crippen LogP contribution in [0.25, 0.3) is 5.76 Å². The van der Waals surface area contributed by atoms with Gasteiger partial charge in [0.1, 0.15) is 11.5 Å². The van der Waals surface area contributed by atoms with E-state index in [9.17, 15) is 14.7 Å². The van der Waals surface area contributed by atoms with E-state index in [0.29, 0.717) is 29.2 Å². The molecule has 2 heterocycles. The second-order valence-corrected chi connectivity index (χ2v) is 7.25. The SMILES string of the molecule is CCOc1ccc(/C(O)=C2\C(=O)C(=O)N(c3cccc(C)c3)C2c2cccnc2)cc1. The number of aliphatic hydroxyl groups is 1. The van der Waals surface area contributed by atoms with Crippen molar-refractivity contribution in [3.8, 4) is 5.75 Å². The van der Waals surface area contributed by atoms with Crippen LogP contribution in [0.3, 0.4) is 0 Å². The predicted octanol–water partition coefficient (Wildman–Crippen LogP) is 4.42. The minimum Gasteiger partial charge on any atom is -0.507 e. The Balaban J connectivity index is 1.88. The Morgan fingerprint density at radius 1 is 1.10 bits per heavy atom. The lowest BCUT2D eigenvalue weighted by Crippen LogP contribution is -2.29. The van der Waals surface area contributed by atoms with Crippen molar-refractivity contribution in [1.82, 2.24) is 4.98 Å². The van der Waals surface area contributed by atoms with Gasteiger partial charge in [-0.1, -0.05) is 18.2 Å². The fourth-order valence-electron chi connectivity index (χ4n) is 3.76. The van der Waals surface area contributed by atoms with Crippen molar-refractivity contribution < 1.29 is 19.4 Å². The van der Waals surface area contributed by atoms with Crippen molar-refractivity contribution >= 4 is 23.1 Å². The first-order valence-corrected chi connectivity index (χ1v) is 10.0. The van der Waals surface area contributed by atoms with Gasteiger partial charge in [0.25, 0.3) is 11.7 Å². The molecule has 2 aromatic carbocycles. The lowest BCUT2D eigenvalue weighted by atomic mass is 9.96. The molecule has 1 atom stereocenters. The molecule has 0 aliphatic carbocycles. The first kappa shape index (κ1) is 20.3. The molecule has 1 amide bonds. The third-order valence-corrected chi connectivity index (χ3v) is 5.16. The van der Waals surface area contributed by atoms with Gasteiger partial charge in [0.2, 0.25) is 0 Å². The van der Waals surface area contributed by atoms with E-state index in [1.807, 2.05) is 32.0 Å². The maximum Gasteiger partial charge on any atom is 0.300 e. The van der Waals surface area contributed by atoms with E-state index in [1.54, 1.807) is 54.9 Å². The van der Waals surface area contributed by atoms with Gasteiger partial charge in [-0.25, -0.2) is 0 Å². The molecule has 4 rings (SSSR count). The number of aliphatic hydroxyl groups excluding tert-OH is 1. The molecule has 156 valence electrons. The summed E-state index contributed by atoms with van der Waals surface area (Å²) in [7, 11) is 0. The highest BCUT2D eigenvalue weighted by molar-refractivity contribution is 6.51. The van der Waals surface area contributed by atoms with E-state index in [2.05, 4.69) is 4.98 Å². The summed E-state index contributed by atoms with van der Waals surface area (Å²) in [6.45, 7) is 4.32. The number of Topliss-reactive ketones (excluding diaryl/α,β-unsaturated/α-hetero) is 1. The molecule has 6 nitrogen and oxygen atoms in total. The largest absolute Gasteiger partial charge is 0.507 e. The molecule has 1 aromatic heterocycles. The van der Waals surface area contributed by atoms with Crippen molar-refractivity contribution in [1.29, 1.82) is 0 Å². The van der Waals surface area contributed by atoms with Crippen LogP contribution in [0.15, 0.2) is 78.6 Å². The predicted molar refractivity (Wildman–Crippen MR) is 118 cm³/mol. The van der Waals surface area contributed by atoms with Gasteiger partial charge in [-0.05, 0) is 67.4 Å². The molecule has 1 fully saturated rings. The highest BCUT2D eigenvalue weighted by Crippen LogP contribution is 2.42. The van der Waals surface area contributed by atoms with Crippen LogP contribution >= 0.6 is 0 Å². The molecule has 0 bridgehead atoms. The summed E-state index contributed by atoms with van der Waals surface area (Å²) in [6.07, 6.45) is 3.22. The van der Waals surface area contributed by atoms with Crippen LogP contribution in [0, 0.1) is 6.92 Å². The number of ketones is 1. The van der Waals surface area contributed by atoms with Gasteiger partial charge < -0.3 is 9.84 Å². The number of hydrogen-bond acceptors (Lipinski definition) is 5. The second-order valence-electron chi connectivity index (χ2n) is 7.25. The first-order valence-electron chi connectivity index (χ1n) is 10.0. The number of carbonyl (C=O) groups excluding carboxylic acids is 2. The van der Waals surface area contributed by atoms with Crippen LogP contribution in [-0.2, 0) is 9.59 Å². The molecule has 31 heavy (non-hydrogen) atoms. The van der Waals surface area contributed by atoms with E-state index >= 15 is 0 Å². The monoisotopic (exact) mass is 414 g/mol. The molecule has 1 saturated heterocycles. The zero-order valence-electron chi connectivity index (χ0n) is 17.3. The Hall–Kier alpha value is -3.93. The standard InChI is InChI=1S/C25H22N2O4/c1-3-31-20-11-9-17(10-12-20)23(28)21-22(18-7-5-13-26-15-18)27(25(30)24(21)29)19-8-4-6-16(2)14-19/h4-15,22,28H,3H2,1-2H3/b23-21+. The lowest BCUT2D eigenvalue weighted by molar-refractivity contribution is -0.132. The summed E-state index contributed by atoms with van der Waals surface area (Å²) >= 11 is 0. The minimum absolute atomic E-state index is 0.0312. The van der Waals surface area contributed by atoms with E-state index in [1.165, 1.54) is 4.90 Å². The molecule has 0 spiro atoms. The molecule has 0 radical (unpaired) electrons. The number of anilines is 1. The zero-order chi connectivity index (χ0) is 22.0. The first-order chi connectivity index (χ1) is 15.0. The Labute approximate surface area is 180 Å². The van der Waals surface area contributed by atoms with Crippen LogP contribution in [0.2, 0.25) is 0 Å². The van der Waals surface area contributed by atoms with E-state index in [0.717, 1.165) is 5.56 Å². The molecular weight excluding hydrogens is 392 g/mol. The zero-order valence-corrected chi connectivity index (χ0v) is 17.3. The molecule has 1 aliphatic rings. The van der Waals surface area contributed by atoms with Crippen LogP contribution < -0.4 is 9.64 Å². The van der Waals surface area contributed by atoms with Gasteiger partial charge in [-0.3, -0.25) is 19.5 Å². The average Bonchev–Trinajstić information content (AvgIpc) is 3.05. The number of nitrogens with zero attached hydrogens (tertiary/aromatic N) is 2. The summed E-state index contributed by atoms with van der Waals surface area (Å²) in [5.41, 5.74) is 2.64. The number of hydrogen-bond donors (Lipinski definition) is 1. The van der Waals surface area contributed by atoms with Gasteiger partial charge in [-0.2, -0.15) is 0 Å². The number of rotatable bonds is 5. The van der Waals surface area contributed by atoms with Gasteiger partial charge in [0.15, 0.2) is 0 Å². The summed E-state index contributed by atoms with van der Waals surface area (Å²) in [4.78, 5) is 31.7. The van der Waals surface area contributed by atoms with E-state index in [-0.39, 0.29) is 11.3 Å². The maximum absolute atomic E-state index is 13.1. The number of amides is 1. The number of aryl methyl sites for hydroxylation is 1. The molecular formula is C25H22N2O4. The summed E-state index contributed by atoms with van der Waals surface area (Å²) in [6, 6.07) is 16.9. The number of benzene rings is 2. The second kappa shape index (κ2) is 8.44. The highest BCUT2D eigenvalue weighted by atomic mass is 16.5. The highest BCUT2D eigenvalue weighted by Gasteiger charge is 2.47. The Morgan fingerprint density at radius 2 is 1.87 bits per heavy atom. The summed E-state index contributed by atoms with van der Waals surface area (Å²) < 4.78 is 5.45. The Bertz CT molecular complexity index is 1150. The molecule has 1 aliphatic heterocycles. The van der Waals surface area contributed by atoms with Gasteiger partial charge >= 0.3 is 0 Å². The van der Waals surface area contributed by atoms with Crippen molar-refractivity contribution in [2.24, 2.45) is 0 Å². The Morgan fingerprint density at radius 3 is 2.52 bits per heavy atom. The van der Waals surface area contributed by atoms with Gasteiger partial charge in [-0.15, -0.1) is 0 Å². The van der Waals surface area contributed by atoms with Gasteiger partial charge in [0, 0.05) is 23.6 Å². The fourth-order valence-corrected chi connectivity index (χ4v) is 3.76. The van der Waals surface area contributed by atoms with Crippen LogP contribution in [-0.4, -0.2) is 28.4 Å². The topological polar surface area (TPSA) is 79.7 Å². The molecule has 6 heteroatoms. The quantitative estimate of drug-likeness (QED) is 0.380. The fraction of sp³-hybridized carbons (Fsp3) is 0.160. The van der Waals surface area contributed by atoms with Crippen molar-refractivity contribution in [3.63, 3.8) is 0 Å². The smallest absolute Gasteiger partial charge is 0.300 e. The lowest BCUT2D eigenvalue weighted by Gasteiger charge is -2.25. The number of ether oxygens (including phenoxy) is 1. The Kier molecular flexibility index (Phi) is 5.54. The van der Waals surface area contributed by atoms with E-state index < -0.39 is 17.7 Å². The molecule has 1 N–H and O–H groups in total. The van der Waals surface area contributed by atoms with Crippen molar-refractivity contribution in [2.75, 3.05) is 11.5 Å².